The highest BCUT2D eigenvalue weighted by molar-refractivity contribution is 5.89. The van der Waals surface area contributed by atoms with Gasteiger partial charge in [0.2, 0.25) is 6.29 Å². The molecule has 2 aliphatic heterocycles. The first-order valence-corrected chi connectivity index (χ1v) is 10.1. The second-order valence-corrected chi connectivity index (χ2v) is 7.93. The average Bonchev–Trinajstić information content (AvgIpc) is 3.11. The number of esters is 1. The topological polar surface area (TPSA) is 127 Å². The molecule has 0 bridgehead atoms. The molecule has 0 aromatic heterocycles. The summed E-state index contributed by atoms with van der Waals surface area (Å²) in [6, 6.07) is 13.9. The Morgan fingerprint density at radius 2 is 1.75 bits per heavy atom. The fraction of sp³-hybridized carbons (Fsp3) is 0.409. The van der Waals surface area contributed by atoms with E-state index in [1.54, 1.807) is 44.2 Å². The number of nitrogens with zero attached hydrogens (tertiary/aromatic N) is 1. The van der Waals surface area contributed by atoms with Crippen LogP contribution < -0.4 is 4.74 Å². The number of rotatable bonds is 6. The van der Waals surface area contributed by atoms with Crippen LogP contribution in [-0.2, 0) is 18.9 Å². The highest BCUT2D eigenvalue weighted by Gasteiger charge is 2.56. The van der Waals surface area contributed by atoms with Crippen molar-refractivity contribution >= 4 is 11.7 Å². The monoisotopic (exact) mass is 445 g/mol. The Morgan fingerprint density at radius 1 is 1.09 bits per heavy atom. The maximum absolute atomic E-state index is 12.3. The van der Waals surface area contributed by atoms with Crippen molar-refractivity contribution in [1.29, 1.82) is 0 Å². The van der Waals surface area contributed by atoms with E-state index in [-0.39, 0.29) is 18.0 Å². The highest BCUT2D eigenvalue weighted by Crippen LogP contribution is 2.38. The number of hydrogen-bond acceptors (Lipinski definition) is 9. The van der Waals surface area contributed by atoms with Crippen molar-refractivity contribution in [2.45, 2.75) is 50.3 Å². The number of benzene rings is 2. The van der Waals surface area contributed by atoms with Gasteiger partial charge in [0.1, 0.15) is 36.8 Å². The van der Waals surface area contributed by atoms with Crippen molar-refractivity contribution in [1.82, 2.24) is 0 Å². The lowest BCUT2D eigenvalue weighted by Gasteiger charge is -2.39. The van der Waals surface area contributed by atoms with E-state index in [1.165, 1.54) is 24.3 Å². The summed E-state index contributed by atoms with van der Waals surface area (Å²) in [5, 5.41) is 21.6. The van der Waals surface area contributed by atoms with E-state index in [0.717, 1.165) is 0 Å². The number of nitro benzene ring substituents is 1. The summed E-state index contributed by atoms with van der Waals surface area (Å²) in [6.45, 7) is 3.26. The number of non-ortho nitro benzene ring substituents is 1. The van der Waals surface area contributed by atoms with Gasteiger partial charge >= 0.3 is 5.97 Å². The van der Waals surface area contributed by atoms with Crippen molar-refractivity contribution in [2.24, 2.45) is 0 Å². The molecule has 0 saturated carbocycles. The molecule has 1 N–H and O–H groups in total. The minimum atomic E-state index is -1.21. The second kappa shape index (κ2) is 8.83. The molecule has 2 fully saturated rings. The van der Waals surface area contributed by atoms with Crippen molar-refractivity contribution < 1.29 is 38.5 Å². The lowest BCUT2D eigenvalue weighted by Crippen LogP contribution is -2.59. The molecule has 32 heavy (non-hydrogen) atoms. The van der Waals surface area contributed by atoms with Gasteiger partial charge in [-0.2, -0.15) is 0 Å². The Hall–Kier alpha value is -3.05. The Morgan fingerprint density at radius 3 is 2.41 bits per heavy atom. The summed E-state index contributed by atoms with van der Waals surface area (Å²) in [6.07, 6.45) is -4.64. The molecule has 5 atom stereocenters. The van der Waals surface area contributed by atoms with E-state index in [2.05, 4.69) is 0 Å². The first-order chi connectivity index (χ1) is 15.2. The highest BCUT2D eigenvalue weighted by atomic mass is 16.8. The van der Waals surface area contributed by atoms with Crippen molar-refractivity contribution in [3.8, 4) is 5.75 Å². The zero-order chi connectivity index (χ0) is 22.9. The van der Waals surface area contributed by atoms with Crippen molar-refractivity contribution in [2.75, 3.05) is 6.61 Å². The summed E-state index contributed by atoms with van der Waals surface area (Å²) in [7, 11) is 0. The van der Waals surface area contributed by atoms with Gasteiger partial charge in [-0.15, -0.1) is 0 Å². The fourth-order valence-corrected chi connectivity index (χ4v) is 3.68. The lowest BCUT2D eigenvalue weighted by molar-refractivity contribution is -0.384. The minimum Gasteiger partial charge on any atom is -0.462 e. The maximum atomic E-state index is 12.3. The number of aliphatic hydroxyl groups is 1. The standard InChI is InChI=1S/C22H23NO9/c1-22(2)31-18-16(12-28-20(25)13-6-4-3-5-7-13)30-21(17(24)19(18)32-22)29-15-10-8-14(9-11-15)23(26)27/h3-11,16-19,21,24H,12H2,1-2H3. The third-order valence-electron chi connectivity index (χ3n) is 5.14. The Bertz CT molecular complexity index is 963. The summed E-state index contributed by atoms with van der Waals surface area (Å²) >= 11 is 0. The molecular weight excluding hydrogens is 422 g/mol. The summed E-state index contributed by atoms with van der Waals surface area (Å²) < 4.78 is 28.8. The van der Waals surface area contributed by atoms with E-state index < -0.39 is 47.4 Å². The van der Waals surface area contributed by atoms with Gasteiger partial charge in [0, 0.05) is 12.1 Å². The third kappa shape index (κ3) is 4.73. The molecule has 10 heteroatoms. The van der Waals surface area contributed by atoms with Gasteiger partial charge in [-0.05, 0) is 38.1 Å². The molecule has 4 rings (SSSR count). The largest absolute Gasteiger partial charge is 0.462 e. The van der Waals surface area contributed by atoms with Crippen LogP contribution in [0.2, 0.25) is 0 Å². The van der Waals surface area contributed by atoms with Crippen LogP contribution in [-0.4, -0.2) is 59.1 Å². The van der Waals surface area contributed by atoms with Crippen molar-refractivity contribution in [3.05, 3.63) is 70.3 Å². The predicted octanol–water partition coefficient (Wildman–Crippen LogP) is 2.44. The normalized spacial score (nSPS) is 28.5. The molecule has 0 aliphatic carbocycles. The van der Waals surface area contributed by atoms with E-state index >= 15 is 0 Å². The maximum Gasteiger partial charge on any atom is 0.338 e. The first-order valence-electron chi connectivity index (χ1n) is 10.1. The van der Waals surface area contributed by atoms with Gasteiger partial charge in [0.05, 0.1) is 10.5 Å². The zero-order valence-electron chi connectivity index (χ0n) is 17.5. The van der Waals surface area contributed by atoms with Crippen molar-refractivity contribution in [3.63, 3.8) is 0 Å². The van der Waals surface area contributed by atoms with E-state index in [4.69, 9.17) is 23.7 Å². The molecule has 2 aromatic carbocycles. The van der Waals surface area contributed by atoms with Crippen LogP contribution in [0.4, 0.5) is 5.69 Å². The number of fused-ring (bicyclic) bond motifs is 1. The molecule has 0 amide bonds. The third-order valence-corrected chi connectivity index (χ3v) is 5.14. The molecule has 2 heterocycles. The number of carbonyl (C=O) groups excluding carboxylic acids is 1. The number of hydrogen-bond donors (Lipinski definition) is 1. The summed E-state index contributed by atoms with van der Waals surface area (Å²) in [4.78, 5) is 22.7. The van der Waals surface area contributed by atoms with E-state index in [1.807, 2.05) is 0 Å². The summed E-state index contributed by atoms with van der Waals surface area (Å²) in [5.41, 5.74) is 0.296. The molecule has 5 unspecified atom stereocenters. The van der Waals surface area contributed by atoms with Crippen LogP contribution in [0.1, 0.15) is 24.2 Å². The SMILES string of the molecule is CC1(C)OC2C(COC(=O)c3ccccc3)OC(Oc3ccc([N+](=O)[O-])cc3)C(O)C2O1. The number of ether oxygens (including phenoxy) is 5. The second-order valence-electron chi connectivity index (χ2n) is 7.93. The molecule has 0 spiro atoms. The van der Waals surface area contributed by atoms with Crippen LogP contribution >= 0.6 is 0 Å². The smallest absolute Gasteiger partial charge is 0.338 e. The molecular formula is C22H23NO9. The fourth-order valence-electron chi connectivity index (χ4n) is 3.68. The number of aliphatic hydroxyl groups excluding tert-OH is 1. The van der Waals surface area contributed by atoms with Gasteiger partial charge in [0.15, 0.2) is 5.79 Å². The molecule has 170 valence electrons. The van der Waals surface area contributed by atoms with Gasteiger partial charge in [-0.3, -0.25) is 10.1 Å². The molecule has 2 saturated heterocycles. The van der Waals surface area contributed by atoms with Crippen LogP contribution in [0, 0.1) is 10.1 Å². The Labute approximate surface area is 183 Å². The van der Waals surface area contributed by atoms with Gasteiger partial charge in [-0.1, -0.05) is 18.2 Å². The zero-order valence-corrected chi connectivity index (χ0v) is 17.5. The average molecular weight is 445 g/mol. The number of nitro groups is 1. The first kappa shape index (κ1) is 22.2. The Kier molecular flexibility index (Phi) is 6.11. The quantitative estimate of drug-likeness (QED) is 0.405. The predicted molar refractivity (Wildman–Crippen MR) is 109 cm³/mol. The molecule has 10 nitrogen and oxygen atoms in total. The van der Waals surface area contributed by atoms with E-state index in [9.17, 15) is 20.0 Å². The van der Waals surface area contributed by atoms with E-state index in [0.29, 0.717) is 5.56 Å². The number of carbonyl (C=O) groups is 1. The van der Waals surface area contributed by atoms with Gasteiger partial charge < -0.3 is 28.8 Å². The lowest BCUT2D eigenvalue weighted by atomic mass is 9.99. The molecule has 0 radical (unpaired) electrons. The van der Waals surface area contributed by atoms with Gasteiger partial charge in [0.25, 0.3) is 5.69 Å². The molecule has 2 aliphatic rings. The minimum absolute atomic E-state index is 0.0949. The van der Waals surface area contributed by atoms with Crippen LogP contribution in [0.15, 0.2) is 54.6 Å². The van der Waals surface area contributed by atoms with Crippen LogP contribution in [0.3, 0.4) is 0 Å². The van der Waals surface area contributed by atoms with Crippen LogP contribution in [0.5, 0.6) is 5.75 Å². The Balaban J connectivity index is 1.48. The summed E-state index contributed by atoms with van der Waals surface area (Å²) in [5.74, 6) is -1.25. The van der Waals surface area contributed by atoms with Gasteiger partial charge in [-0.25, -0.2) is 4.79 Å². The molecule has 2 aromatic rings. The van der Waals surface area contributed by atoms with Crippen LogP contribution in [0.25, 0.3) is 0 Å².